The van der Waals surface area contributed by atoms with Gasteiger partial charge in [-0.05, 0) is 0 Å². The third-order valence-corrected chi connectivity index (χ3v) is 2.00. The molecule has 6 nitrogen and oxygen atoms in total. The molecule has 0 aromatic carbocycles. The van der Waals surface area contributed by atoms with Gasteiger partial charge in [-0.1, -0.05) is 0 Å². The van der Waals surface area contributed by atoms with Gasteiger partial charge in [0, 0.05) is 13.2 Å². The Morgan fingerprint density at radius 1 is 1.47 bits per heavy atom. The molecule has 1 aromatic rings. The number of nitrogens with two attached hydrogens (primary N) is 1. The van der Waals surface area contributed by atoms with Crippen LogP contribution in [0.15, 0.2) is 6.07 Å². The first-order valence-electron chi connectivity index (χ1n) is 4.81. The summed E-state index contributed by atoms with van der Waals surface area (Å²) in [4.78, 5) is 3.60. The molecule has 1 unspecified atom stereocenters. The number of nitrogens with one attached hydrogen (secondary N) is 2. The molecular weight excluding hydrogens is 234 g/mol. The van der Waals surface area contributed by atoms with E-state index in [1.807, 2.05) is 5.43 Å². The number of aliphatic hydroxyl groups excluding tert-OH is 1. The van der Waals surface area contributed by atoms with Crippen molar-refractivity contribution in [3.63, 3.8) is 0 Å². The molecule has 0 saturated carbocycles. The van der Waals surface area contributed by atoms with Gasteiger partial charge in [0.25, 0.3) is 0 Å². The van der Waals surface area contributed by atoms with Crippen molar-refractivity contribution >= 4 is 11.6 Å². The third kappa shape index (κ3) is 3.48. The maximum atomic E-state index is 13.3. The summed E-state index contributed by atoms with van der Waals surface area (Å²) < 4.78 is 31.2. The summed E-state index contributed by atoms with van der Waals surface area (Å²) in [6.45, 7) is -0.127. The molecule has 8 heteroatoms. The van der Waals surface area contributed by atoms with Crippen LogP contribution in [0, 0.1) is 11.6 Å². The highest BCUT2D eigenvalue weighted by Gasteiger charge is 2.14. The number of pyridine rings is 1. The van der Waals surface area contributed by atoms with Crippen LogP contribution in [0.4, 0.5) is 20.4 Å². The van der Waals surface area contributed by atoms with Crippen LogP contribution in [0.1, 0.15) is 0 Å². The zero-order valence-corrected chi connectivity index (χ0v) is 9.20. The van der Waals surface area contributed by atoms with Crippen molar-refractivity contribution in [2.75, 3.05) is 31.1 Å². The molecule has 0 fully saturated rings. The predicted molar refractivity (Wildman–Crippen MR) is 58.3 cm³/mol. The second-order valence-corrected chi connectivity index (χ2v) is 3.27. The lowest BCUT2D eigenvalue weighted by atomic mass is 10.3. The Balaban J connectivity index is 2.89. The van der Waals surface area contributed by atoms with E-state index in [9.17, 15) is 8.78 Å². The molecule has 0 amide bonds. The van der Waals surface area contributed by atoms with Crippen LogP contribution < -0.4 is 16.6 Å². The zero-order valence-electron chi connectivity index (χ0n) is 9.20. The molecule has 0 radical (unpaired) electrons. The van der Waals surface area contributed by atoms with E-state index >= 15 is 0 Å². The van der Waals surface area contributed by atoms with E-state index in [-0.39, 0.29) is 24.8 Å². The summed E-state index contributed by atoms with van der Waals surface area (Å²) in [6, 6.07) is 0.101. The first-order valence-corrected chi connectivity index (χ1v) is 4.81. The van der Waals surface area contributed by atoms with Gasteiger partial charge in [-0.25, -0.2) is 19.6 Å². The number of hydrazine groups is 1. The minimum Gasteiger partial charge on any atom is -0.394 e. The highest BCUT2D eigenvalue weighted by Crippen LogP contribution is 2.18. The molecule has 0 aliphatic heterocycles. The predicted octanol–water partition coefficient (Wildman–Crippen LogP) is 0.0646. The fourth-order valence-electron chi connectivity index (χ4n) is 1.20. The van der Waals surface area contributed by atoms with Gasteiger partial charge >= 0.3 is 0 Å². The van der Waals surface area contributed by atoms with Crippen molar-refractivity contribution in [2.24, 2.45) is 5.84 Å². The Morgan fingerprint density at radius 3 is 2.65 bits per heavy atom. The van der Waals surface area contributed by atoms with Gasteiger partial charge in [0.1, 0.15) is 0 Å². The molecule has 0 aliphatic rings. The minimum absolute atomic E-state index is 0.153. The van der Waals surface area contributed by atoms with E-state index in [4.69, 9.17) is 15.7 Å². The van der Waals surface area contributed by atoms with Crippen LogP contribution in [0.2, 0.25) is 0 Å². The van der Waals surface area contributed by atoms with Crippen molar-refractivity contribution in [3.8, 4) is 0 Å². The average Bonchev–Trinajstić information content (AvgIpc) is 2.31. The maximum absolute atomic E-state index is 13.3. The monoisotopic (exact) mass is 248 g/mol. The van der Waals surface area contributed by atoms with Crippen LogP contribution in [-0.2, 0) is 4.74 Å². The molecule has 1 aromatic heterocycles. The SMILES string of the molecule is COCC(CO)Nc1nc(NN)c(F)cc1F. The quantitative estimate of drug-likeness (QED) is 0.420. The van der Waals surface area contributed by atoms with E-state index in [2.05, 4.69) is 10.3 Å². The summed E-state index contributed by atoms with van der Waals surface area (Å²) in [5, 5.41) is 11.6. The zero-order chi connectivity index (χ0) is 12.8. The molecule has 96 valence electrons. The minimum atomic E-state index is -0.900. The number of nitrogens with zero attached hydrogens (tertiary/aromatic N) is 1. The molecule has 0 bridgehead atoms. The fourth-order valence-corrected chi connectivity index (χ4v) is 1.20. The molecule has 1 atom stereocenters. The van der Waals surface area contributed by atoms with Gasteiger partial charge in [-0.2, -0.15) is 0 Å². The maximum Gasteiger partial charge on any atom is 0.178 e. The lowest BCUT2D eigenvalue weighted by molar-refractivity contribution is 0.153. The highest BCUT2D eigenvalue weighted by atomic mass is 19.1. The highest BCUT2D eigenvalue weighted by molar-refractivity contribution is 5.47. The van der Waals surface area contributed by atoms with Crippen LogP contribution in [0.3, 0.4) is 0 Å². The number of nitrogen functional groups attached to an aromatic ring is 1. The first-order chi connectivity index (χ1) is 8.12. The van der Waals surface area contributed by atoms with Gasteiger partial charge in [-0.15, -0.1) is 0 Å². The lowest BCUT2D eigenvalue weighted by Crippen LogP contribution is -2.30. The lowest BCUT2D eigenvalue weighted by Gasteiger charge is -2.16. The average molecular weight is 248 g/mol. The number of anilines is 2. The van der Waals surface area contributed by atoms with Crippen molar-refractivity contribution < 1.29 is 18.6 Å². The van der Waals surface area contributed by atoms with Crippen molar-refractivity contribution in [1.29, 1.82) is 0 Å². The Hall–Kier alpha value is -1.51. The Kier molecular flexibility index (Phi) is 5.01. The van der Waals surface area contributed by atoms with Crippen LogP contribution in [0.5, 0.6) is 0 Å². The van der Waals surface area contributed by atoms with Gasteiger partial charge in [0.05, 0.1) is 19.3 Å². The van der Waals surface area contributed by atoms with E-state index in [1.165, 1.54) is 7.11 Å². The van der Waals surface area contributed by atoms with Crippen molar-refractivity contribution in [3.05, 3.63) is 17.7 Å². The first kappa shape index (κ1) is 13.6. The molecule has 1 heterocycles. The second-order valence-electron chi connectivity index (χ2n) is 3.27. The normalized spacial score (nSPS) is 12.3. The van der Waals surface area contributed by atoms with E-state index in [0.717, 1.165) is 0 Å². The molecule has 0 saturated heterocycles. The Morgan fingerprint density at radius 2 is 2.12 bits per heavy atom. The molecule has 17 heavy (non-hydrogen) atoms. The van der Waals surface area contributed by atoms with Gasteiger partial charge in [0.15, 0.2) is 23.3 Å². The Labute approximate surface area is 96.8 Å². The second kappa shape index (κ2) is 6.28. The number of methoxy groups -OCH3 is 1. The molecule has 5 N–H and O–H groups in total. The standard InChI is InChI=1S/C9H14F2N4O2/c1-17-4-5(3-16)13-8-6(10)2-7(11)9(14-8)15-12/h2,5,16H,3-4,12H2,1H3,(H2,13,14,15). The Bertz CT molecular complexity index is 378. The summed E-state index contributed by atoms with van der Waals surface area (Å²) in [5.41, 5.74) is 2.00. The summed E-state index contributed by atoms with van der Waals surface area (Å²) in [6.07, 6.45) is 0. The molecule has 1 rings (SSSR count). The van der Waals surface area contributed by atoms with Crippen molar-refractivity contribution in [2.45, 2.75) is 6.04 Å². The van der Waals surface area contributed by atoms with E-state index < -0.39 is 17.7 Å². The van der Waals surface area contributed by atoms with Gasteiger partial charge < -0.3 is 20.6 Å². The van der Waals surface area contributed by atoms with Crippen LogP contribution >= 0.6 is 0 Å². The largest absolute Gasteiger partial charge is 0.394 e. The number of aromatic nitrogens is 1. The third-order valence-electron chi connectivity index (χ3n) is 2.00. The van der Waals surface area contributed by atoms with Crippen LogP contribution in [0.25, 0.3) is 0 Å². The molecule has 0 spiro atoms. The number of rotatable bonds is 6. The number of aliphatic hydroxyl groups is 1. The number of ether oxygens (including phenoxy) is 1. The van der Waals surface area contributed by atoms with E-state index in [1.54, 1.807) is 0 Å². The summed E-state index contributed by atoms with van der Waals surface area (Å²) >= 11 is 0. The number of hydrogen-bond donors (Lipinski definition) is 4. The molecular formula is C9H14F2N4O2. The molecule has 0 aliphatic carbocycles. The summed E-state index contributed by atoms with van der Waals surface area (Å²) in [5.74, 6) is 2.73. The topological polar surface area (TPSA) is 92.4 Å². The fraction of sp³-hybridized carbons (Fsp3) is 0.444. The van der Waals surface area contributed by atoms with E-state index in [0.29, 0.717) is 6.07 Å². The smallest absolute Gasteiger partial charge is 0.178 e. The number of hydrogen-bond acceptors (Lipinski definition) is 6. The van der Waals surface area contributed by atoms with Gasteiger partial charge in [0.2, 0.25) is 0 Å². The number of halogens is 2. The summed E-state index contributed by atoms with van der Waals surface area (Å²) in [7, 11) is 1.44. The van der Waals surface area contributed by atoms with Gasteiger partial charge in [-0.3, -0.25) is 0 Å². The van der Waals surface area contributed by atoms with Crippen LogP contribution in [-0.4, -0.2) is 36.5 Å². The van der Waals surface area contributed by atoms with Crippen molar-refractivity contribution in [1.82, 2.24) is 4.98 Å².